The zero-order valence-electron chi connectivity index (χ0n) is 18.7. The molecular weight excluding hydrogens is 416 g/mol. The number of benzene rings is 2. The van der Waals surface area contributed by atoms with Crippen LogP contribution in [0.2, 0.25) is 0 Å². The van der Waals surface area contributed by atoms with E-state index in [4.69, 9.17) is 4.74 Å². The van der Waals surface area contributed by atoms with Gasteiger partial charge >= 0.3 is 0 Å². The van der Waals surface area contributed by atoms with E-state index in [1.54, 1.807) is 24.3 Å². The van der Waals surface area contributed by atoms with E-state index in [2.05, 4.69) is 23.5 Å². The minimum atomic E-state index is -0.371. The van der Waals surface area contributed by atoms with Crippen molar-refractivity contribution in [3.63, 3.8) is 0 Å². The van der Waals surface area contributed by atoms with Crippen molar-refractivity contribution < 1.29 is 19.1 Å². The highest BCUT2D eigenvalue weighted by molar-refractivity contribution is 6.09. The lowest BCUT2D eigenvalue weighted by Gasteiger charge is -2.37. The number of rotatable bonds is 5. The molecule has 7 rings (SSSR count). The monoisotopic (exact) mass is 442 g/mol. The average Bonchev–Trinajstić information content (AvgIpc) is 3.55. The quantitative estimate of drug-likeness (QED) is 0.559. The topological polar surface area (TPSA) is 75.7 Å². The summed E-state index contributed by atoms with van der Waals surface area (Å²) in [6.07, 6.45) is 5.40. The number of nitrogens with one attached hydrogen (secondary N) is 1. The molecule has 6 nitrogen and oxygen atoms in total. The second-order valence-corrected chi connectivity index (χ2v) is 9.92. The molecule has 1 N–H and O–H groups in total. The third-order valence-corrected chi connectivity index (χ3v) is 7.62. The van der Waals surface area contributed by atoms with Crippen LogP contribution in [0.4, 0.5) is 5.69 Å². The number of allylic oxidation sites excluding steroid dienone is 2. The van der Waals surface area contributed by atoms with Gasteiger partial charge in [0.05, 0.1) is 11.8 Å². The fourth-order valence-corrected chi connectivity index (χ4v) is 6.25. The van der Waals surface area contributed by atoms with Crippen molar-refractivity contribution in [1.29, 1.82) is 0 Å². The molecule has 0 radical (unpaired) electrons. The van der Waals surface area contributed by atoms with Gasteiger partial charge in [0.15, 0.2) is 0 Å². The van der Waals surface area contributed by atoms with E-state index in [1.165, 1.54) is 4.90 Å². The molecule has 0 spiro atoms. The Morgan fingerprint density at radius 3 is 2.06 bits per heavy atom. The van der Waals surface area contributed by atoms with Gasteiger partial charge in [-0.1, -0.05) is 18.2 Å². The molecule has 3 amide bonds. The van der Waals surface area contributed by atoms with Gasteiger partial charge in [-0.15, -0.1) is 0 Å². The fraction of sp³-hybridized carbons (Fsp3) is 0.370. The average molecular weight is 443 g/mol. The number of carbonyl (C=O) groups excluding carboxylic acids is 3. The van der Waals surface area contributed by atoms with E-state index in [-0.39, 0.29) is 47.9 Å². The number of nitrogens with zero attached hydrogens (tertiary/aromatic N) is 1. The van der Waals surface area contributed by atoms with Crippen LogP contribution in [-0.4, -0.2) is 29.2 Å². The molecule has 5 aliphatic rings. The minimum absolute atomic E-state index is 0.166. The van der Waals surface area contributed by atoms with Crippen molar-refractivity contribution in [2.75, 3.05) is 11.9 Å². The first-order valence-corrected chi connectivity index (χ1v) is 11.6. The highest BCUT2D eigenvalue weighted by Crippen LogP contribution is 2.65. The molecule has 6 atom stereocenters. The van der Waals surface area contributed by atoms with Crippen LogP contribution in [0.5, 0.6) is 11.5 Å². The third-order valence-electron chi connectivity index (χ3n) is 7.62. The smallest absolute Gasteiger partial charge is 0.244 e. The lowest BCUT2D eigenvalue weighted by atomic mass is 9.63. The van der Waals surface area contributed by atoms with Crippen LogP contribution in [0.1, 0.15) is 17.5 Å². The Hall–Kier alpha value is -3.41. The van der Waals surface area contributed by atoms with Gasteiger partial charge in [-0.2, -0.15) is 0 Å². The molecule has 0 aromatic heterocycles. The van der Waals surface area contributed by atoms with E-state index in [0.717, 1.165) is 23.3 Å². The standard InChI is InChI=1S/C27H26N2O4/c1-14-9-15(2)11-18(10-14)33-17-5-3-16(4-6-17)28-23(30)13-29-26(31)24-19-7-8-20(22-12-21(19)22)25(24)27(29)32/h3-11,19-22,24-25H,12-13H2,1-2H3,(H,28,30). The minimum Gasteiger partial charge on any atom is -0.457 e. The molecule has 33 heavy (non-hydrogen) atoms. The van der Waals surface area contributed by atoms with E-state index < -0.39 is 0 Å². The zero-order chi connectivity index (χ0) is 22.9. The molecule has 3 fully saturated rings. The molecule has 4 aliphatic carbocycles. The van der Waals surface area contributed by atoms with Crippen molar-refractivity contribution in [3.8, 4) is 11.5 Å². The molecule has 2 aromatic rings. The van der Waals surface area contributed by atoms with Crippen LogP contribution >= 0.6 is 0 Å². The molecule has 168 valence electrons. The zero-order valence-corrected chi connectivity index (χ0v) is 18.7. The molecule has 1 aliphatic heterocycles. The Morgan fingerprint density at radius 2 is 1.48 bits per heavy atom. The summed E-state index contributed by atoms with van der Waals surface area (Å²) in [5.74, 6) is 1.58. The summed E-state index contributed by atoms with van der Waals surface area (Å²) in [7, 11) is 0. The Balaban J connectivity index is 1.09. The molecular formula is C27H26N2O4. The summed E-state index contributed by atoms with van der Waals surface area (Å²) >= 11 is 0. The normalized spacial score (nSPS) is 30.8. The van der Waals surface area contributed by atoms with Gasteiger partial charge in [0.1, 0.15) is 18.0 Å². The first-order valence-electron chi connectivity index (χ1n) is 11.6. The van der Waals surface area contributed by atoms with Gasteiger partial charge in [0.2, 0.25) is 17.7 Å². The number of amides is 3. The van der Waals surface area contributed by atoms with Crippen molar-refractivity contribution >= 4 is 23.4 Å². The van der Waals surface area contributed by atoms with Crippen LogP contribution in [0, 0.1) is 49.4 Å². The first-order chi connectivity index (χ1) is 15.9. The maximum atomic E-state index is 13.0. The molecule has 2 saturated carbocycles. The predicted molar refractivity (Wildman–Crippen MR) is 122 cm³/mol. The number of anilines is 1. The summed E-state index contributed by atoms with van der Waals surface area (Å²) in [6.45, 7) is 3.81. The van der Waals surface area contributed by atoms with Gasteiger partial charge in [0, 0.05) is 5.69 Å². The van der Waals surface area contributed by atoms with Gasteiger partial charge in [-0.05, 0) is 91.5 Å². The fourth-order valence-electron chi connectivity index (χ4n) is 6.25. The molecule has 2 aromatic carbocycles. The van der Waals surface area contributed by atoms with Crippen molar-refractivity contribution in [3.05, 3.63) is 65.7 Å². The Morgan fingerprint density at radius 1 is 0.909 bits per heavy atom. The SMILES string of the molecule is Cc1cc(C)cc(Oc2ccc(NC(=O)CN3C(=O)C4C5C=CC(C6CC56)C4C3=O)cc2)c1. The van der Waals surface area contributed by atoms with Gasteiger partial charge in [-0.25, -0.2) is 0 Å². The molecule has 6 unspecified atom stereocenters. The van der Waals surface area contributed by atoms with Crippen LogP contribution in [0.15, 0.2) is 54.6 Å². The first kappa shape index (κ1) is 20.2. The number of carbonyl (C=O) groups is 3. The van der Waals surface area contributed by atoms with E-state index in [9.17, 15) is 14.4 Å². The van der Waals surface area contributed by atoms with Crippen molar-refractivity contribution in [1.82, 2.24) is 4.90 Å². The number of hydrogen-bond donors (Lipinski definition) is 1. The van der Waals surface area contributed by atoms with E-state index in [1.807, 2.05) is 26.0 Å². The second-order valence-electron chi connectivity index (χ2n) is 9.92. The van der Waals surface area contributed by atoms with Gasteiger partial charge < -0.3 is 10.1 Å². The Kier molecular flexibility index (Phi) is 4.47. The Bertz CT molecular complexity index is 1140. The number of imide groups is 1. The lowest BCUT2D eigenvalue weighted by Crippen LogP contribution is -2.40. The van der Waals surface area contributed by atoms with Gasteiger partial charge in [-0.3, -0.25) is 19.3 Å². The molecule has 2 bridgehead atoms. The largest absolute Gasteiger partial charge is 0.457 e. The summed E-state index contributed by atoms with van der Waals surface area (Å²) < 4.78 is 5.91. The molecule has 6 heteroatoms. The van der Waals surface area contributed by atoms with Crippen LogP contribution < -0.4 is 10.1 Å². The second kappa shape index (κ2) is 7.30. The van der Waals surface area contributed by atoms with Crippen molar-refractivity contribution in [2.24, 2.45) is 35.5 Å². The number of likely N-dealkylation sites (tertiary alicyclic amines) is 1. The van der Waals surface area contributed by atoms with Crippen LogP contribution in [0.25, 0.3) is 0 Å². The Labute approximate surface area is 192 Å². The summed E-state index contributed by atoms with van der Waals surface area (Å²) in [6, 6.07) is 13.1. The number of ether oxygens (including phenoxy) is 1. The number of hydrogen-bond acceptors (Lipinski definition) is 4. The van der Waals surface area contributed by atoms with E-state index >= 15 is 0 Å². The summed E-state index contributed by atoms with van der Waals surface area (Å²) in [5.41, 5.74) is 2.84. The van der Waals surface area contributed by atoms with Gasteiger partial charge in [0.25, 0.3) is 0 Å². The van der Waals surface area contributed by atoms with E-state index in [0.29, 0.717) is 23.3 Å². The molecule has 1 saturated heterocycles. The van der Waals surface area contributed by atoms with Crippen LogP contribution in [-0.2, 0) is 14.4 Å². The maximum absolute atomic E-state index is 13.0. The maximum Gasteiger partial charge on any atom is 0.244 e. The van der Waals surface area contributed by atoms with Crippen LogP contribution in [0.3, 0.4) is 0 Å². The summed E-state index contributed by atoms with van der Waals surface area (Å²) in [5, 5.41) is 2.80. The number of aryl methyl sites for hydroxylation is 2. The highest BCUT2D eigenvalue weighted by atomic mass is 16.5. The predicted octanol–water partition coefficient (Wildman–Crippen LogP) is 4.09. The van der Waals surface area contributed by atoms with Crippen molar-refractivity contribution in [2.45, 2.75) is 20.3 Å². The lowest BCUT2D eigenvalue weighted by molar-refractivity contribution is -0.142. The third kappa shape index (κ3) is 3.36. The molecule has 1 heterocycles. The highest BCUT2D eigenvalue weighted by Gasteiger charge is 2.67. The summed E-state index contributed by atoms with van der Waals surface area (Å²) in [4.78, 5) is 39.9.